The van der Waals surface area contributed by atoms with Gasteiger partial charge in [-0.2, -0.15) is 0 Å². The van der Waals surface area contributed by atoms with E-state index in [2.05, 4.69) is 10.6 Å². The molecule has 1 saturated heterocycles. The minimum Gasteiger partial charge on any atom is -0.490 e. The molecule has 0 radical (unpaired) electrons. The third kappa shape index (κ3) is 5.36. The van der Waals surface area contributed by atoms with Gasteiger partial charge in [-0.25, -0.2) is 4.39 Å². The molecule has 2 aromatic carbocycles. The smallest absolute Gasteiger partial charge is 0.257 e. The Morgan fingerprint density at radius 3 is 2.69 bits per heavy atom. The van der Waals surface area contributed by atoms with Gasteiger partial charge in [-0.3, -0.25) is 14.4 Å². The molecule has 0 aromatic heterocycles. The van der Waals surface area contributed by atoms with Crippen molar-refractivity contribution in [2.24, 2.45) is 5.92 Å². The van der Waals surface area contributed by atoms with E-state index in [0.29, 0.717) is 35.4 Å². The maximum atomic E-state index is 13.8. The van der Waals surface area contributed by atoms with Crippen molar-refractivity contribution in [3.63, 3.8) is 0 Å². The molecule has 5 rings (SSSR count). The molecule has 2 aromatic rings. The van der Waals surface area contributed by atoms with Gasteiger partial charge in [-0.1, -0.05) is 18.2 Å². The molecule has 2 N–H and O–H groups in total. The highest BCUT2D eigenvalue weighted by Crippen LogP contribution is 2.34. The van der Waals surface area contributed by atoms with E-state index in [1.54, 1.807) is 48.3 Å². The average Bonchev–Trinajstić information content (AvgIpc) is 3.72. The molecule has 9 heteroatoms. The van der Waals surface area contributed by atoms with Crippen LogP contribution in [0.3, 0.4) is 0 Å². The summed E-state index contributed by atoms with van der Waals surface area (Å²) in [5, 5.41) is 5.64. The molecule has 2 aliphatic heterocycles. The van der Waals surface area contributed by atoms with E-state index >= 15 is 0 Å². The van der Waals surface area contributed by atoms with Gasteiger partial charge in [0, 0.05) is 30.8 Å². The standard InChI is InChI=1S/C27H30FN3O5/c1-31-22-10-9-19(13-25(32)29-14-17-4-2-3-5-21(17)28)36-24(22)15-35-23-11-8-18(12-20(23)27(31)34)30-26(33)16-6-7-16/h2-5,8,11-12,16,19,22,24H,6-7,9-10,13-15H2,1H3,(H,29,32)(H,30,33)/t19-,22+,24-/m0/s1. The van der Waals surface area contributed by atoms with Gasteiger partial charge in [-0.05, 0) is 49.9 Å². The Bertz CT molecular complexity index is 1170. The van der Waals surface area contributed by atoms with Crippen molar-refractivity contribution in [2.75, 3.05) is 19.0 Å². The van der Waals surface area contributed by atoms with Crippen LogP contribution in [0.2, 0.25) is 0 Å². The highest BCUT2D eigenvalue weighted by Gasteiger charge is 2.39. The molecule has 3 atom stereocenters. The van der Waals surface area contributed by atoms with E-state index in [0.717, 1.165) is 12.8 Å². The number of rotatable bonds is 6. The van der Waals surface area contributed by atoms with Crippen molar-refractivity contribution in [3.05, 3.63) is 59.4 Å². The summed E-state index contributed by atoms with van der Waals surface area (Å²) in [5.74, 6) is -0.297. The van der Waals surface area contributed by atoms with Gasteiger partial charge in [0.2, 0.25) is 11.8 Å². The molecule has 3 amide bonds. The predicted molar refractivity (Wildman–Crippen MR) is 130 cm³/mol. The number of hydrogen-bond acceptors (Lipinski definition) is 5. The molecule has 0 spiro atoms. The first-order valence-electron chi connectivity index (χ1n) is 12.4. The van der Waals surface area contributed by atoms with Crippen LogP contribution in [0.4, 0.5) is 10.1 Å². The summed E-state index contributed by atoms with van der Waals surface area (Å²) < 4.78 is 26.0. The van der Waals surface area contributed by atoms with E-state index in [-0.39, 0.29) is 67.3 Å². The van der Waals surface area contributed by atoms with Crippen molar-refractivity contribution in [2.45, 2.75) is 56.9 Å². The Labute approximate surface area is 209 Å². The Kier molecular flexibility index (Phi) is 6.91. The number of nitrogens with one attached hydrogen (secondary N) is 2. The van der Waals surface area contributed by atoms with Gasteiger partial charge in [0.15, 0.2) is 0 Å². The summed E-state index contributed by atoms with van der Waals surface area (Å²) in [4.78, 5) is 39.6. The van der Waals surface area contributed by atoms with Crippen LogP contribution in [0.1, 0.15) is 48.0 Å². The summed E-state index contributed by atoms with van der Waals surface area (Å²) in [7, 11) is 1.75. The fourth-order valence-corrected chi connectivity index (χ4v) is 4.81. The lowest BCUT2D eigenvalue weighted by Crippen LogP contribution is -2.53. The zero-order chi connectivity index (χ0) is 25.2. The molecule has 190 valence electrons. The fourth-order valence-electron chi connectivity index (χ4n) is 4.81. The van der Waals surface area contributed by atoms with E-state index in [1.807, 2.05) is 0 Å². The Morgan fingerprint density at radius 2 is 1.92 bits per heavy atom. The highest BCUT2D eigenvalue weighted by atomic mass is 19.1. The van der Waals surface area contributed by atoms with Crippen LogP contribution in [-0.4, -0.2) is 54.5 Å². The molecule has 2 fully saturated rings. The Balaban J connectivity index is 1.21. The fraction of sp³-hybridized carbons (Fsp3) is 0.444. The first kappa shape index (κ1) is 24.2. The maximum absolute atomic E-state index is 13.8. The SMILES string of the molecule is CN1C(=O)c2cc(NC(=O)C3CC3)ccc2OC[C@@H]2O[C@H](CC(=O)NCc3ccccc3F)CC[C@H]21. The predicted octanol–water partition coefficient (Wildman–Crippen LogP) is 3.26. The average molecular weight is 496 g/mol. The number of nitrogens with zero attached hydrogens (tertiary/aromatic N) is 1. The van der Waals surface area contributed by atoms with Gasteiger partial charge >= 0.3 is 0 Å². The van der Waals surface area contributed by atoms with Crippen LogP contribution < -0.4 is 15.4 Å². The minimum absolute atomic E-state index is 0.0211. The third-order valence-electron chi connectivity index (χ3n) is 7.07. The number of likely N-dealkylation sites (N-methyl/N-ethyl adjacent to an activating group) is 1. The molecule has 8 nitrogen and oxygen atoms in total. The summed E-state index contributed by atoms with van der Waals surface area (Å²) in [6.45, 7) is 0.348. The monoisotopic (exact) mass is 495 g/mol. The number of carbonyl (C=O) groups is 3. The second-order valence-corrected chi connectivity index (χ2v) is 9.72. The van der Waals surface area contributed by atoms with Gasteiger partial charge in [-0.15, -0.1) is 0 Å². The number of benzene rings is 2. The lowest BCUT2D eigenvalue weighted by molar-refractivity contribution is -0.134. The topological polar surface area (TPSA) is 97.0 Å². The van der Waals surface area contributed by atoms with Crippen LogP contribution in [-0.2, 0) is 20.9 Å². The molecule has 3 aliphatic rings. The molecule has 36 heavy (non-hydrogen) atoms. The number of anilines is 1. The summed E-state index contributed by atoms with van der Waals surface area (Å²) in [6.07, 6.45) is 2.51. The lowest BCUT2D eigenvalue weighted by atomic mass is 9.94. The first-order chi connectivity index (χ1) is 17.4. The number of amides is 3. The number of fused-ring (bicyclic) bond motifs is 2. The second kappa shape index (κ2) is 10.3. The maximum Gasteiger partial charge on any atom is 0.257 e. The molecular formula is C27H30FN3O5. The van der Waals surface area contributed by atoms with Crippen molar-refractivity contribution < 1.29 is 28.2 Å². The quantitative estimate of drug-likeness (QED) is 0.641. The molecule has 1 saturated carbocycles. The molecule has 0 unspecified atom stereocenters. The number of carbonyl (C=O) groups excluding carboxylic acids is 3. The largest absolute Gasteiger partial charge is 0.490 e. The van der Waals surface area contributed by atoms with Gasteiger partial charge in [0.25, 0.3) is 5.91 Å². The summed E-state index contributed by atoms with van der Waals surface area (Å²) in [5.41, 5.74) is 1.41. The summed E-state index contributed by atoms with van der Waals surface area (Å²) >= 11 is 0. The van der Waals surface area contributed by atoms with Crippen LogP contribution in [0.5, 0.6) is 5.75 Å². The number of ether oxygens (including phenoxy) is 2. The Hall–Kier alpha value is -3.46. The van der Waals surface area contributed by atoms with Crippen molar-refractivity contribution in [1.82, 2.24) is 10.2 Å². The van der Waals surface area contributed by atoms with Gasteiger partial charge in [0.05, 0.1) is 24.1 Å². The molecule has 0 bridgehead atoms. The molecular weight excluding hydrogens is 465 g/mol. The van der Waals surface area contributed by atoms with Crippen LogP contribution in [0, 0.1) is 11.7 Å². The first-order valence-corrected chi connectivity index (χ1v) is 12.4. The van der Waals surface area contributed by atoms with E-state index in [1.165, 1.54) is 6.07 Å². The lowest BCUT2D eigenvalue weighted by Gasteiger charge is -2.42. The third-order valence-corrected chi connectivity index (χ3v) is 7.07. The molecule has 2 heterocycles. The van der Waals surface area contributed by atoms with Crippen molar-refractivity contribution in [3.8, 4) is 5.75 Å². The molecule has 1 aliphatic carbocycles. The van der Waals surface area contributed by atoms with Gasteiger partial charge in [0.1, 0.15) is 24.3 Å². The van der Waals surface area contributed by atoms with E-state index in [9.17, 15) is 18.8 Å². The van der Waals surface area contributed by atoms with E-state index in [4.69, 9.17) is 9.47 Å². The zero-order valence-corrected chi connectivity index (χ0v) is 20.2. The highest BCUT2D eigenvalue weighted by molar-refractivity contribution is 6.00. The second-order valence-electron chi connectivity index (χ2n) is 9.72. The van der Waals surface area contributed by atoms with Crippen LogP contribution in [0.15, 0.2) is 42.5 Å². The van der Waals surface area contributed by atoms with Crippen LogP contribution in [0.25, 0.3) is 0 Å². The normalized spacial score (nSPS) is 23.4. The van der Waals surface area contributed by atoms with Crippen molar-refractivity contribution in [1.29, 1.82) is 0 Å². The minimum atomic E-state index is -0.389. The Morgan fingerprint density at radius 1 is 1.11 bits per heavy atom. The number of hydrogen-bond donors (Lipinski definition) is 2. The number of halogens is 1. The summed E-state index contributed by atoms with van der Waals surface area (Å²) in [6, 6.07) is 11.2. The van der Waals surface area contributed by atoms with Gasteiger partial charge < -0.3 is 25.0 Å². The zero-order valence-electron chi connectivity index (χ0n) is 20.2. The van der Waals surface area contributed by atoms with E-state index < -0.39 is 0 Å². The van der Waals surface area contributed by atoms with Crippen LogP contribution >= 0.6 is 0 Å². The van der Waals surface area contributed by atoms with Crippen molar-refractivity contribution >= 4 is 23.4 Å².